The summed E-state index contributed by atoms with van der Waals surface area (Å²) < 4.78 is 7.40. The van der Waals surface area contributed by atoms with Crippen molar-refractivity contribution in [2.45, 2.75) is 46.5 Å². The number of ether oxygens (including phenoxy) is 1. The number of unbranched alkanes of at least 4 members (excludes halogenated alkanes) is 1. The number of ketones is 1. The van der Waals surface area contributed by atoms with Gasteiger partial charge in [0.25, 0.3) is 0 Å². The maximum Gasteiger partial charge on any atom is 0.159 e. The highest BCUT2D eigenvalue weighted by Gasteiger charge is 2.26. The summed E-state index contributed by atoms with van der Waals surface area (Å²) in [6.07, 6.45) is 13.2. The van der Waals surface area contributed by atoms with Crippen LogP contribution < -0.4 is 4.90 Å². The fourth-order valence-corrected chi connectivity index (χ4v) is 4.41. The van der Waals surface area contributed by atoms with Crippen LogP contribution in [0.15, 0.2) is 54.3 Å². The van der Waals surface area contributed by atoms with Crippen LogP contribution in [-0.4, -0.2) is 46.9 Å². The highest BCUT2D eigenvalue weighted by Crippen LogP contribution is 2.35. The molecule has 0 unspecified atom stereocenters. The molecular formula is C28H34N4O2. The van der Waals surface area contributed by atoms with Crippen molar-refractivity contribution in [1.29, 1.82) is 0 Å². The Morgan fingerprint density at radius 1 is 1.29 bits per heavy atom. The quantitative estimate of drug-likeness (QED) is 0.475. The average molecular weight is 459 g/mol. The van der Waals surface area contributed by atoms with Gasteiger partial charge in [0.15, 0.2) is 11.6 Å². The minimum absolute atomic E-state index is 0.233. The molecular weight excluding hydrogens is 424 g/mol. The van der Waals surface area contributed by atoms with Gasteiger partial charge in [-0.2, -0.15) is 5.10 Å². The van der Waals surface area contributed by atoms with Gasteiger partial charge in [0, 0.05) is 60.6 Å². The van der Waals surface area contributed by atoms with Gasteiger partial charge >= 0.3 is 0 Å². The van der Waals surface area contributed by atoms with Crippen LogP contribution >= 0.6 is 0 Å². The number of aromatic nitrogens is 3. The number of hydrogen-bond donors (Lipinski definition) is 0. The summed E-state index contributed by atoms with van der Waals surface area (Å²) in [7, 11) is 0. The van der Waals surface area contributed by atoms with Gasteiger partial charge in [0.2, 0.25) is 0 Å². The Kier molecular flexibility index (Phi) is 7.58. The number of carbonyl (C=O) groups is 1. The molecule has 2 aromatic rings. The Labute approximate surface area is 202 Å². The van der Waals surface area contributed by atoms with Crippen LogP contribution in [0.4, 0.5) is 5.69 Å². The lowest BCUT2D eigenvalue weighted by atomic mass is 10.0. The summed E-state index contributed by atoms with van der Waals surface area (Å²) in [5.41, 5.74) is 6.84. The SMILES string of the molecule is C=C(C)/C=C(\C=C/C)c1ccn(-c2cc(N3CCOCC3)c3c(n2)C=C(C(=O)CCCC)C3)n1. The first-order chi connectivity index (χ1) is 16.5. The molecule has 1 aliphatic heterocycles. The molecule has 0 atom stereocenters. The first kappa shape index (κ1) is 23.9. The molecule has 0 radical (unpaired) electrons. The van der Waals surface area contributed by atoms with E-state index >= 15 is 0 Å². The van der Waals surface area contributed by atoms with E-state index in [1.54, 1.807) is 0 Å². The number of nitrogens with zero attached hydrogens (tertiary/aromatic N) is 4. The van der Waals surface area contributed by atoms with Crippen molar-refractivity contribution < 1.29 is 9.53 Å². The molecule has 0 amide bonds. The molecule has 178 valence electrons. The highest BCUT2D eigenvalue weighted by atomic mass is 16.5. The zero-order chi connectivity index (χ0) is 24.1. The number of carbonyl (C=O) groups excluding carboxylic acids is 1. The summed E-state index contributed by atoms with van der Waals surface area (Å²) in [4.78, 5) is 20.1. The second-order valence-corrected chi connectivity index (χ2v) is 8.93. The Morgan fingerprint density at radius 3 is 2.79 bits per heavy atom. The van der Waals surface area contributed by atoms with Crippen molar-refractivity contribution in [3.63, 3.8) is 0 Å². The van der Waals surface area contributed by atoms with Crippen molar-refractivity contribution in [3.8, 4) is 5.82 Å². The number of rotatable bonds is 9. The minimum Gasteiger partial charge on any atom is -0.378 e. The van der Waals surface area contributed by atoms with E-state index in [1.807, 2.05) is 55.1 Å². The number of hydrogen-bond acceptors (Lipinski definition) is 5. The molecule has 34 heavy (non-hydrogen) atoms. The largest absolute Gasteiger partial charge is 0.378 e. The van der Waals surface area contributed by atoms with Gasteiger partial charge in [-0.25, -0.2) is 9.67 Å². The standard InChI is InChI=1S/C28H34N4O2/c1-5-7-9-27(33)22-17-23-25(18-22)29-28(19-26(23)31-12-14-34-15-13-31)32-11-10-24(30-32)21(8-6-2)16-20(3)4/h6,8,10-11,16,18-19H,3,5,7,9,12-15,17H2,1-2,4H3/b8-6-,21-16+. The normalized spacial score (nSPS) is 16.1. The molecule has 1 saturated heterocycles. The Balaban J connectivity index is 1.73. The van der Waals surface area contributed by atoms with E-state index < -0.39 is 0 Å². The van der Waals surface area contributed by atoms with E-state index in [1.165, 1.54) is 0 Å². The number of anilines is 1. The van der Waals surface area contributed by atoms with Crippen LogP contribution in [0, 0.1) is 0 Å². The molecule has 0 bridgehead atoms. The van der Waals surface area contributed by atoms with E-state index in [0.717, 1.165) is 71.1 Å². The lowest BCUT2D eigenvalue weighted by Crippen LogP contribution is -2.37. The van der Waals surface area contributed by atoms with Gasteiger partial charge in [0.05, 0.1) is 24.6 Å². The number of allylic oxidation sites excluding steroid dienone is 6. The number of pyridine rings is 1. The third-order valence-electron chi connectivity index (χ3n) is 6.13. The van der Waals surface area contributed by atoms with Crippen LogP contribution in [0.25, 0.3) is 17.5 Å². The number of morpholine rings is 1. The van der Waals surface area contributed by atoms with E-state index in [0.29, 0.717) is 26.1 Å². The molecule has 0 saturated carbocycles. The topological polar surface area (TPSA) is 60.2 Å². The molecule has 0 N–H and O–H groups in total. The molecule has 6 heteroatoms. The van der Waals surface area contributed by atoms with E-state index in [9.17, 15) is 4.79 Å². The van der Waals surface area contributed by atoms with Crippen LogP contribution in [0.3, 0.4) is 0 Å². The van der Waals surface area contributed by atoms with Gasteiger partial charge < -0.3 is 9.64 Å². The molecule has 3 heterocycles. The Morgan fingerprint density at radius 2 is 2.09 bits per heavy atom. The van der Waals surface area contributed by atoms with Crippen LogP contribution in [0.5, 0.6) is 0 Å². The Bertz CT molecular complexity index is 1160. The molecule has 0 spiro atoms. The fraction of sp³-hybridized carbons (Fsp3) is 0.393. The van der Waals surface area contributed by atoms with Gasteiger partial charge in [-0.15, -0.1) is 0 Å². The molecule has 1 aliphatic carbocycles. The monoisotopic (exact) mass is 458 g/mol. The number of Topliss-reactive ketones (excluding diaryl/α,β-unsaturated/α-hetero) is 1. The summed E-state index contributed by atoms with van der Waals surface area (Å²) >= 11 is 0. The lowest BCUT2D eigenvalue weighted by Gasteiger charge is -2.30. The van der Waals surface area contributed by atoms with Gasteiger partial charge in [-0.3, -0.25) is 4.79 Å². The molecule has 2 aliphatic rings. The summed E-state index contributed by atoms with van der Waals surface area (Å²) in [5.74, 6) is 0.983. The van der Waals surface area contributed by atoms with E-state index in [2.05, 4.69) is 24.5 Å². The predicted molar refractivity (Wildman–Crippen MR) is 138 cm³/mol. The third kappa shape index (κ3) is 5.28. The van der Waals surface area contributed by atoms with Crippen molar-refractivity contribution in [1.82, 2.24) is 14.8 Å². The maximum atomic E-state index is 12.8. The Hall–Kier alpha value is -3.25. The first-order valence-electron chi connectivity index (χ1n) is 12.2. The highest BCUT2D eigenvalue weighted by molar-refractivity contribution is 6.02. The zero-order valence-corrected chi connectivity index (χ0v) is 20.5. The van der Waals surface area contributed by atoms with Crippen molar-refractivity contribution in [2.75, 3.05) is 31.2 Å². The van der Waals surface area contributed by atoms with Gasteiger partial charge in [-0.05, 0) is 32.4 Å². The number of fused-ring (bicyclic) bond motifs is 1. The van der Waals surface area contributed by atoms with Crippen molar-refractivity contribution in [2.24, 2.45) is 0 Å². The predicted octanol–water partition coefficient (Wildman–Crippen LogP) is 5.34. The van der Waals surface area contributed by atoms with Gasteiger partial charge in [-0.1, -0.05) is 43.7 Å². The molecule has 6 nitrogen and oxygen atoms in total. The second-order valence-electron chi connectivity index (χ2n) is 8.93. The van der Waals surface area contributed by atoms with Crippen molar-refractivity contribution in [3.05, 3.63) is 71.2 Å². The van der Waals surface area contributed by atoms with E-state index in [4.69, 9.17) is 14.8 Å². The smallest absolute Gasteiger partial charge is 0.159 e. The average Bonchev–Trinajstić information content (AvgIpc) is 3.49. The van der Waals surface area contributed by atoms with Crippen molar-refractivity contribution >= 4 is 23.1 Å². The third-order valence-corrected chi connectivity index (χ3v) is 6.13. The zero-order valence-electron chi connectivity index (χ0n) is 20.5. The molecule has 2 aromatic heterocycles. The second kappa shape index (κ2) is 10.8. The van der Waals surface area contributed by atoms with Gasteiger partial charge in [0.1, 0.15) is 0 Å². The first-order valence-corrected chi connectivity index (χ1v) is 12.2. The van der Waals surface area contributed by atoms with Crippen LogP contribution in [-0.2, 0) is 16.0 Å². The maximum absolute atomic E-state index is 12.8. The fourth-order valence-electron chi connectivity index (χ4n) is 4.41. The molecule has 0 aromatic carbocycles. The summed E-state index contributed by atoms with van der Waals surface area (Å²) in [6.45, 7) is 13.1. The molecule has 1 fully saturated rings. The lowest BCUT2D eigenvalue weighted by molar-refractivity contribution is -0.115. The summed E-state index contributed by atoms with van der Waals surface area (Å²) in [5, 5.41) is 4.82. The van der Waals surface area contributed by atoms with Crippen LogP contribution in [0.2, 0.25) is 0 Å². The summed E-state index contributed by atoms with van der Waals surface area (Å²) in [6, 6.07) is 4.10. The molecule has 4 rings (SSSR count). The van der Waals surface area contributed by atoms with E-state index in [-0.39, 0.29) is 5.78 Å². The van der Waals surface area contributed by atoms with Crippen LogP contribution in [0.1, 0.15) is 57.0 Å². The minimum atomic E-state index is 0.233.